The molecule has 6 nitrogen and oxygen atoms in total. The van der Waals surface area contributed by atoms with E-state index in [2.05, 4.69) is 50.4 Å². The third-order valence-corrected chi connectivity index (χ3v) is 5.59. The molecule has 5 rings (SSSR count). The standard InChI is InChI=1S/C21H23N5O/c27-21-23-19-9-5-4-8-18(19)20-22-16(15-26(20)21)14-24-10-12-25(13-11-24)17-6-2-1-3-7-17/h1-9,16,22H,10-15H2/t16-/m0/s1. The molecule has 1 aromatic heterocycles. The van der Waals surface area contributed by atoms with E-state index in [0.29, 0.717) is 6.54 Å². The van der Waals surface area contributed by atoms with Gasteiger partial charge in [0, 0.05) is 43.8 Å². The highest BCUT2D eigenvalue weighted by Gasteiger charge is 2.27. The molecule has 2 aliphatic heterocycles. The predicted molar refractivity (Wildman–Crippen MR) is 109 cm³/mol. The lowest BCUT2D eigenvalue weighted by molar-refractivity contribution is 0.245. The average Bonchev–Trinajstić information content (AvgIpc) is 3.14. The van der Waals surface area contributed by atoms with Gasteiger partial charge in [-0.05, 0) is 24.3 Å². The largest absolute Gasteiger partial charge is 0.369 e. The summed E-state index contributed by atoms with van der Waals surface area (Å²) in [7, 11) is 0. The monoisotopic (exact) mass is 361 g/mol. The van der Waals surface area contributed by atoms with Gasteiger partial charge in [-0.3, -0.25) is 9.47 Å². The number of anilines is 2. The Kier molecular flexibility index (Phi) is 4.05. The van der Waals surface area contributed by atoms with Crippen molar-refractivity contribution in [3.63, 3.8) is 0 Å². The van der Waals surface area contributed by atoms with E-state index in [-0.39, 0.29) is 11.7 Å². The summed E-state index contributed by atoms with van der Waals surface area (Å²) in [5.74, 6) is 0.915. The van der Waals surface area contributed by atoms with Gasteiger partial charge in [0.05, 0.1) is 18.1 Å². The lowest BCUT2D eigenvalue weighted by atomic mass is 10.2. The van der Waals surface area contributed by atoms with Crippen molar-refractivity contribution >= 4 is 22.4 Å². The summed E-state index contributed by atoms with van der Waals surface area (Å²) in [6, 6.07) is 18.7. The Balaban J connectivity index is 1.26. The van der Waals surface area contributed by atoms with Crippen LogP contribution >= 0.6 is 0 Å². The molecule has 1 saturated heterocycles. The molecule has 138 valence electrons. The van der Waals surface area contributed by atoms with Gasteiger partial charge in [-0.1, -0.05) is 30.3 Å². The number of hydrogen-bond donors (Lipinski definition) is 1. The highest BCUT2D eigenvalue weighted by Crippen LogP contribution is 2.25. The van der Waals surface area contributed by atoms with Crippen LogP contribution in [0, 0.1) is 0 Å². The molecule has 0 bridgehead atoms. The number of piperazine rings is 1. The van der Waals surface area contributed by atoms with Crippen molar-refractivity contribution in [3.8, 4) is 0 Å². The zero-order valence-electron chi connectivity index (χ0n) is 15.2. The van der Waals surface area contributed by atoms with Gasteiger partial charge < -0.3 is 10.2 Å². The van der Waals surface area contributed by atoms with E-state index < -0.39 is 0 Å². The van der Waals surface area contributed by atoms with Crippen LogP contribution in [0.2, 0.25) is 0 Å². The minimum Gasteiger partial charge on any atom is -0.369 e. The molecule has 2 aliphatic rings. The smallest absolute Gasteiger partial charge is 0.349 e. The molecule has 6 heteroatoms. The summed E-state index contributed by atoms with van der Waals surface area (Å²) in [5, 5.41) is 4.60. The normalized spacial score (nSPS) is 19.9. The van der Waals surface area contributed by atoms with Crippen molar-refractivity contribution in [2.75, 3.05) is 42.9 Å². The van der Waals surface area contributed by atoms with Gasteiger partial charge >= 0.3 is 5.69 Å². The zero-order chi connectivity index (χ0) is 18.2. The molecule has 1 atom stereocenters. The topological polar surface area (TPSA) is 53.4 Å². The van der Waals surface area contributed by atoms with E-state index in [0.717, 1.165) is 49.4 Å². The number of rotatable bonds is 3. The number of hydrogen-bond acceptors (Lipinski definition) is 5. The van der Waals surface area contributed by atoms with Crippen molar-refractivity contribution in [3.05, 3.63) is 65.1 Å². The Morgan fingerprint density at radius 3 is 2.52 bits per heavy atom. The lowest BCUT2D eigenvalue weighted by Gasteiger charge is -2.37. The highest BCUT2D eigenvalue weighted by molar-refractivity contribution is 5.89. The maximum atomic E-state index is 12.4. The maximum Gasteiger partial charge on any atom is 0.349 e. The summed E-state index contributed by atoms with van der Waals surface area (Å²) >= 11 is 0. The van der Waals surface area contributed by atoms with Crippen LogP contribution in [0.1, 0.15) is 0 Å². The molecule has 0 unspecified atom stereocenters. The molecule has 0 aliphatic carbocycles. The van der Waals surface area contributed by atoms with E-state index in [1.54, 1.807) is 4.57 Å². The summed E-state index contributed by atoms with van der Waals surface area (Å²) < 4.78 is 1.78. The Morgan fingerprint density at radius 2 is 1.70 bits per heavy atom. The number of para-hydroxylation sites is 2. The van der Waals surface area contributed by atoms with E-state index >= 15 is 0 Å². The second-order valence-corrected chi connectivity index (χ2v) is 7.34. The number of fused-ring (bicyclic) bond motifs is 3. The quantitative estimate of drug-likeness (QED) is 0.773. The van der Waals surface area contributed by atoms with Gasteiger partial charge in [0.15, 0.2) is 0 Å². The number of aromatic nitrogens is 2. The Labute approximate surface area is 158 Å². The lowest BCUT2D eigenvalue weighted by Crippen LogP contribution is -2.49. The van der Waals surface area contributed by atoms with Gasteiger partial charge in [-0.25, -0.2) is 4.79 Å². The van der Waals surface area contributed by atoms with Crippen molar-refractivity contribution in [2.24, 2.45) is 0 Å². The van der Waals surface area contributed by atoms with E-state index in [1.165, 1.54) is 5.69 Å². The number of benzene rings is 2. The molecule has 1 N–H and O–H groups in total. The van der Waals surface area contributed by atoms with Crippen LogP contribution in [0.4, 0.5) is 11.5 Å². The first-order valence-corrected chi connectivity index (χ1v) is 9.56. The summed E-state index contributed by atoms with van der Waals surface area (Å²) in [6.07, 6.45) is 0. The van der Waals surface area contributed by atoms with Crippen LogP contribution in [-0.2, 0) is 6.54 Å². The van der Waals surface area contributed by atoms with Crippen LogP contribution in [0.5, 0.6) is 0 Å². The Bertz CT molecular complexity index is 1010. The van der Waals surface area contributed by atoms with Crippen LogP contribution in [-0.4, -0.2) is 53.2 Å². The van der Waals surface area contributed by atoms with Crippen molar-refractivity contribution in [1.29, 1.82) is 0 Å². The maximum absolute atomic E-state index is 12.4. The van der Waals surface area contributed by atoms with Crippen molar-refractivity contribution < 1.29 is 0 Å². The first-order chi connectivity index (χ1) is 13.3. The molecule has 0 spiro atoms. The van der Waals surface area contributed by atoms with Crippen LogP contribution in [0.25, 0.3) is 10.9 Å². The summed E-state index contributed by atoms with van der Waals surface area (Å²) in [5.41, 5.74) is 1.90. The molecule has 3 heterocycles. The van der Waals surface area contributed by atoms with Gasteiger partial charge in [0.1, 0.15) is 5.82 Å². The second kappa shape index (κ2) is 6.70. The molecule has 1 fully saturated rings. The van der Waals surface area contributed by atoms with Crippen LogP contribution in [0.15, 0.2) is 59.4 Å². The molecule has 2 aromatic carbocycles. The molecule has 0 amide bonds. The first-order valence-electron chi connectivity index (χ1n) is 9.56. The second-order valence-electron chi connectivity index (χ2n) is 7.34. The third kappa shape index (κ3) is 3.06. The molecule has 0 radical (unpaired) electrons. The fourth-order valence-electron chi connectivity index (χ4n) is 4.20. The predicted octanol–water partition coefficient (Wildman–Crippen LogP) is 2.01. The Hall–Kier alpha value is -2.86. The third-order valence-electron chi connectivity index (χ3n) is 5.59. The molecule has 3 aromatic rings. The zero-order valence-corrected chi connectivity index (χ0v) is 15.2. The van der Waals surface area contributed by atoms with Crippen LogP contribution < -0.4 is 15.9 Å². The highest BCUT2D eigenvalue weighted by atomic mass is 16.1. The van der Waals surface area contributed by atoms with E-state index in [1.807, 2.05) is 24.3 Å². The van der Waals surface area contributed by atoms with Gasteiger partial charge in [0.2, 0.25) is 0 Å². The molecular weight excluding hydrogens is 338 g/mol. The number of nitrogens with zero attached hydrogens (tertiary/aromatic N) is 4. The van der Waals surface area contributed by atoms with Gasteiger partial charge in [-0.15, -0.1) is 0 Å². The fraction of sp³-hybridized carbons (Fsp3) is 0.333. The average molecular weight is 361 g/mol. The van der Waals surface area contributed by atoms with E-state index in [4.69, 9.17) is 0 Å². The summed E-state index contributed by atoms with van der Waals surface area (Å²) in [4.78, 5) is 21.5. The Morgan fingerprint density at radius 1 is 0.963 bits per heavy atom. The fourth-order valence-corrected chi connectivity index (χ4v) is 4.20. The van der Waals surface area contributed by atoms with Crippen molar-refractivity contribution in [1.82, 2.24) is 14.5 Å². The van der Waals surface area contributed by atoms with Crippen LogP contribution in [0.3, 0.4) is 0 Å². The van der Waals surface area contributed by atoms with Crippen molar-refractivity contribution in [2.45, 2.75) is 12.6 Å². The number of nitrogens with one attached hydrogen (secondary N) is 1. The molecule has 0 saturated carbocycles. The van der Waals surface area contributed by atoms with Gasteiger partial charge in [-0.2, -0.15) is 4.98 Å². The van der Waals surface area contributed by atoms with E-state index in [9.17, 15) is 4.79 Å². The SMILES string of the molecule is O=c1nc2ccccc2c2n1C[C@H](CN1CCN(c3ccccc3)CC1)N2. The molecule has 27 heavy (non-hydrogen) atoms. The minimum atomic E-state index is -0.160. The van der Waals surface area contributed by atoms with Gasteiger partial charge in [0.25, 0.3) is 0 Å². The minimum absolute atomic E-state index is 0.160. The molecular formula is C21H23N5O. The first kappa shape index (κ1) is 16.3. The summed E-state index contributed by atoms with van der Waals surface area (Å²) in [6.45, 7) is 5.78.